The van der Waals surface area contributed by atoms with Crippen LogP contribution in [0.15, 0.2) is 29.4 Å². The van der Waals surface area contributed by atoms with E-state index in [1.54, 1.807) is 19.2 Å². The topological polar surface area (TPSA) is 50.7 Å². The zero-order valence-electron chi connectivity index (χ0n) is 14.5. The summed E-state index contributed by atoms with van der Waals surface area (Å²) >= 11 is 0. The predicted octanol–water partition coefficient (Wildman–Crippen LogP) is 4.02. The fourth-order valence-electron chi connectivity index (χ4n) is 5.70. The summed E-state index contributed by atoms with van der Waals surface area (Å²) in [4.78, 5) is 12.5. The van der Waals surface area contributed by atoms with Crippen LogP contribution in [0.5, 0.6) is 5.75 Å². The Morgan fingerprint density at radius 1 is 1.12 bits per heavy atom. The largest absolute Gasteiger partial charge is 0.496 e. The van der Waals surface area contributed by atoms with Crippen molar-refractivity contribution in [3.8, 4) is 5.75 Å². The summed E-state index contributed by atoms with van der Waals surface area (Å²) in [6, 6.07) is 7.26. The van der Waals surface area contributed by atoms with Crippen molar-refractivity contribution in [1.82, 2.24) is 5.43 Å². The van der Waals surface area contributed by atoms with Crippen molar-refractivity contribution in [3.63, 3.8) is 0 Å². The molecule has 1 N–H and O–H groups in total. The molecular weight excluding hydrogens is 300 g/mol. The minimum atomic E-state index is -0.198. The van der Waals surface area contributed by atoms with Gasteiger partial charge in [0.15, 0.2) is 0 Å². The highest BCUT2D eigenvalue weighted by Gasteiger charge is 2.52. The molecule has 1 aromatic carbocycles. The molecule has 4 aliphatic rings. The average molecular weight is 326 g/mol. The van der Waals surface area contributed by atoms with Gasteiger partial charge in [-0.25, -0.2) is 5.43 Å². The molecule has 4 saturated carbocycles. The van der Waals surface area contributed by atoms with Gasteiger partial charge in [-0.1, -0.05) is 12.1 Å². The molecular formula is C20H26N2O2. The first kappa shape index (κ1) is 15.7. The number of rotatable bonds is 4. The van der Waals surface area contributed by atoms with Gasteiger partial charge in [0.1, 0.15) is 5.75 Å². The summed E-state index contributed by atoms with van der Waals surface area (Å²) in [6.07, 6.45) is 8.04. The van der Waals surface area contributed by atoms with Gasteiger partial charge in [0.2, 0.25) is 0 Å². The molecule has 0 aromatic heterocycles. The van der Waals surface area contributed by atoms with Crippen molar-refractivity contribution in [2.75, 3.05) is 7.11 Å². The van der Waals surface area contributed by atoms with Crippen molar-refractivity contribution < 1.29 is 9.53 Å². The normalized spacial score (nSPS) is 34.2. The molecule has 128 valence electrons. The number of hydrogen-bond donors (Lipinski definition) is 1. The highest BCUT2D eigenvalue weighted by molar-refractivity contribution is 5.98. The Morgan fingerprint density at radius 2 is 1.71 bits per heavy atom. The summed E-state index contributed by atoms with van der Waals surface area (Å²) < 4.78 is 5.26. The number of methoxy groups -OCH3 is 1. The van der Waals surface area contributed by atoms with Crippen molar-refractivity contribution in [2.45, 2.75) is 45.4 Å². The number of carbonyl (C=O) groups is 1. The van der Waals surface area contributed by atoms with E-state index in [0.717, 1.165) is 23.5 Å². The Labute approximate surface area is 143 Å². The van der Waals surface area contributed by atoms with Gasteiger partial charge in [-0.15, -0.1) is 0 Å². The van der Waals surface area contributed by atoms with Crippen LogP contribution in [0.1, 0.15) is 55.8 Å². The fraction of sp³-hybridized carbons (Fsp3) is 0.600. The number of hydrogen-bond acceptors (Lipinski definition) is 3. The lowest BCUT2D eigenvalue weighted by Crippen LogP contribution is -2.49. The third-order valence-corrected chi connectivity index (χ3v) is 6.48. The first-order valence-corrected chi connectivity index (χ1v) is 9.08. The van der Waals surface area contributed by atoms with E-state index in [-0.39, 0.29) is 11.3 Å². The number of carbonyl (C=O) groups excluding carboxylic acids is 1. The monoisotopic (exact) mass is 326 g/mol. The highest BCUT2D eigenvalue weighted by atomic mass is 16.5. The Balaban J connectivity index is 1.51. The Morgan fingerprint density at radius 3 is 2.29 bits per heavy atom. The number of ether oxygens (including phenoxy) is 1. The molecule has 0 spiro atoms. The van der Waals surface area contributed by atoms with Crippen LogP contribution in [-0.4, -0.2) is 18.7 Å². The first-order chi connectivity index (χ1) is 11.6. The summed E-state index contributed by atoms with van der Waals surface area (Å²) in [7, 11) is 1.58. The lowest BCUT2D eigenvalue weighted by Gasteiger charge is -2.56. The number of hydrazone groups is 1. The SMILES string of the molecule is COc1ccccc1C(=O)NN=C(C)C12CC3CC(CC(C3)C1)C2. The van der Waals surface area contributed by atoms with Crippen molar-refractivity contribution in [2.24, 2.45) is 28.3 Å². The minimum Gasteiger partial charge on any atom is -0.496 e. The molecule has 4 bridgehead atoms. The van der Waals surface area contributed by atoms with Gasteiger partial charge in [-0.05, 0) is 75.3 Å². The molecule has 1 amide bonds. The molecule has 4 heteroatoms. The summed E-state index contributed by atoms with van der Waals surface area (Å²) in [6.45, 7) is 2.11. The Bertz CT molecular complexity index is 645. The van der Waals surface area contributed by atoms with E-state index in [9.17, 15) is 4.79 Å². The highest BCUT2D eigenvalue weighted by Crippen LogP contribution is 2.60. The molecule has 24 heavy (non-hydrogen) atoms. The van der Waals surface area contributed by atoms with Gasteiger partial charge in [0.25, 0.3) is 5.91 Å². The smallest absolute Gasteiger partial charge is 0.275 e. The lowest BCUT2D eigenvalue weighted by atomic mass is 9.48. The second-order valence-corrected chi connectivity index (χ2v) is 8.04. The van der Waals surface area contributed by atoms with Crippen molar-refractivity contribution >= 4 is 11.6 Å². The zero-order valence-corrected chi connectivity index (χ0v) is 14.5. The van der Waals surface area contributed by atoms with Crippen LogP contribution in [0.4, 0.5) is 0 Å². The first-order valence-electron chi connectivity index (χ1n) is 9.08. The minimum absolute atomic E-state index is 0.198. The van der Waals surface area contributed by atoms with Crippen LogP contribution in [0.2, 0.25) is 0 Å². The number of para-hydroxylation sites is 1. The zero-order chi connectivity index (χ0) is 16.7. The third kappa shape index (κ3) is 2.62. The quantitative estimate of drug-likeness (QED) is 0.671. The molecule has 0 radical (unpaired) electrons. The van der Waals surface area contributed by atoms with Gasteiger partial charge >= 0.3 is 0 Å². The number of nitrogens with one attached hydrogen (secondary N) is 1. The van der Waals surface area contributed by atoms with Gasteiger partial charge in [-0.3, -0.25) is 4.79 Å². The molecule has 0 atom stereocenters. The third-order valence-electron chi connectivity index (χ3n) is 6.48. The van der Waals surface area contributed by atoms with Gasteiger partial charge in [-0.2, -0.15) is 5.10 Å². The van der Waals surface area contributed by atoms with E-state index < -0.39 is 0 Å². The second kappa shape index (κ2) is 5.91. The molecule has 0 heterocycles. The van der Waals surface area contributed by atoms with Crippen LogP contribution < -0.4 is 10.2 Å². The summed E-state index contributed by atoms with van der Waals surface area (Å²) in [5, 5.41) is 4.53. The number of benzene rings is 1. The second-order valence-electron chi connectivity index (χ2n) is 8.04. The Hall–Kier alpha value is -1.84. The lowest BCUT2D eigenvalue weighted by molar-refractivity contribution is -0.0128. The van der Waals surface area contributed by atoms with E-state index in [0.29, 0.717) is 11.3 Å². The van der Waals surface area contributed by atoms with Crippen LogP contribution in [0.25, 0.3) is 0 Å². The van der Waals surface area contributed by atoms with E-state index in [1.807, 2.05) is 12.1 Å². The van der Waals surface area contributed by atoms with Crippen molar-refractivity contribution in [3.05, 3.63) is 29.8 Å². The van der Waals surface area contributed by atoms with Gasteiger partial charge in [0, 0.05) is 11.1 Å². The number of amides is 1. The van der Waals surface area contributed by atoms with Crippen LogP contribution in [-0.2, 0) is 0 Å². The standard InChI is InChI=1S/C20H26N2O2/c1-13(20-10-14-7-15(11-20)9-16(8-14)12-20)21-22-19(23)17-5-3-4-6-18(17)24-2/h3-6,14-16H,7-12H2,1-2H3,(H,22,23). The summed E-state index contributed by atoms with van der Waals surface area (Å²) in [5.41, 5.74) is 4.65. The molecule has 0 saturated heterocycles. The maximum atomic E-state index is 12.5. The summed E-state index contributed by atoms with van der Waals surface area (Å²) in [5.74, 6) is 3.03. The molecule has 4 fully saturated rings. The van der Waals surface area contributed by atoms with E-state index >= 15 is 0 Å². The Kier molecular flexibility index (Phi) is 3.86. The maximum absolute atomic E-state index is 12.5. The van der Waals surface area contributed by atoms with E-state index in [1.165, 1.54) is 38.5 Å². The molecule has 0 aliphatic heterocycles. The van der Waals surface area contributed by atoms with Gasteiger partial charge in [0.05, 0.1) is 12.7 Å². The van der Waals surface area contributed by atoms with Crippen molar-refractivity contribution in [1.29, 1.82) is 0 Å². The predicted molar refractivity (Wildman–Crippen MR) is 94.2 cm³/mol. The fourth-order valence-corrected chi connectivity index (χ4v) is 5.70. The molecule has 4 nitrogen and oxygen atoms in total. The van der Waals surface area contributed by atoms with Crippen LogP contribution in [0, 0.1) is 23.2 Å². The van der Waals surface area contributed by atoms with Gasteiger partial charge < -0.3 is 4.74 Å². The molecule has 4 aliphatic carbocycles. The molecule has 5 rings (SSSR count). The average Bonchev–Trinajstić information content (AvgIpc) is 2.58. The maximum Gasteiger partial charge on any atom is 0.275 e. The molecule has 0 unspecified atom stereocenters. The molecule has 1 aromatic rings. The van der Waals surface area contributed by atoms with Crippen LogP contribution >= 0.6 is 0 Å². The van der Waals surface area contributed by atoms with E-state index in [4.69, 9.17) is 4.74 Å². The van der Waals surface area contributed by atoms with E-state index in [2.05, 4.69) is 17.5 Å². The number of nitrogens with zero attached hydrogens (tertiary/aromatic N) is 1. The van der Waals surface area contributed by atoms with Crippen LogP contribution in [0.3, 0.4) is 0 Å².